The van der Waals surface area contributed by atoms with Gasteiger partial charge in [0.15, 0.2) is 10.2 Å². The summed E-state index contributed by atoms with van der Waals surface area (Å²) in [5.74, 6) is 0.716. The number of hydrogen-bond donors (Lipinski definition) is 6. The van der Waals surface area contributed by atoms with E-state index in [4.69, 9.17) is 24.4 Å². The van der Waals surface area contributed by atoms with Crippen molar-refractivity contribution in [1.82, 2.24) is 31.9 Å². The second kappa shape index (κ2) is 26.9. The van der Waals surface area contributed by atoms with Crippen LogP contribution in [0.5, 0.6) is 0 Å². The Morgan fingerprint density at radius 3 is 0.962 bits per heavy atom. The number of benzene rings is 4. The van der Waals surface area contributed by atoms with Crippen molar-refractivity contribution in [3.8, 4) is 0 Å². The summed E-state index contributed by atoms with van der Waals surface area (Å²) < 4.78 is 0. The van der Waals surface area contributed by atoms with E-state index < -0.39 is 0 Å². The molecule has 4 aromatic rings. The Morgan fingerprint density at radius 1 is 0.340 bits per heavy atom. The molecule has 4 aromatic carbocycles. The minimum absolute atomic E-state index is 0.358. The number of unbranched alkanes of at least 4 members (excludes halogenated alkanes) is 4. The molecule has 0 aliphatic carbocycles. The maximum Gasteiger partial charge on any atom is 0.166 e. The summed E-state index contributed by atoms with van der Waals surface area (Å²) >= 11 is 11.1. The highest BCUT2D eigenvalue weighted by Gasteiger charge is 2.15. The predicted molar refractivity (Wildman–Crippen MR) is 234 cm³/mol. The molecule has 0 atom stereocenters. The van der Waals surface area contributed by atoms with E-state index in [2.05, 4.69) is 153 Å². The molecule has 0 spiro atoms. The first-order valence-corrected chi connectivity index (χ1v) is 20.7. The van der Waals surface area contributed by atoms with E-state index in [1.54, 1.807) is 0 Å². The summed E-state index contributed by atoms with van der Waals surface area (Å²) in [6, 6.07) is 43.0. The van der Waals surface area contributed by atoms with Gasteiger partial charge >= 0.3 is 0 Å². The average molecular weight is 751 g/mol. The first-order chi connectivity index (χ1) is 26.2. The molecule has 284 valence electrons. The predicted octanol–water partition coefficient (Wildman–Crippen LogP) is 8.27. The second-order valence-corrected chi connectivity index (χ2v) is 14.5. The van der Waals surface area contributed by atoms with Gasteiger partial charge in [0, 0.05) is 38.0 Å². The van der Waals surface area contributed by atoms with Crippen LogP contribution in [0.25, 0.3) is 0 Å². The van der Waals surface area contributed by atoms with Crippen molar-refractivity contribution in [2.24, 2.45) is 0 Å². The molecule has 6 nitrogen and oxygen atoms in total. The normalized spacial score (nSPS) is 11.1. The minimum Gasteiger partial charge on any atom is -0.363 e. The Hall–Kier alpha value is -3.82. The summed E-state index contributed by atoms with van der Waals surface area (Å²) in [7, 11) is 0. The van der Waals surface area contributed by atoms with Gasteiger partial charge in [0.1, 0.15) is 0 Å². The number of hydrogen-bond acceptors (Lipinski definition) is 4. The smallest absolute Gasteiger partial charge is 0.166 e. The van der Waals surface area contributed by atoms with Gasteiger partial charge in [-0.3, -0.25) is 0 Å². The standard InChI is InChI=1S/C45H62N6S2/c52-44(50-36-28-42(38-20-8-4-9-21-38)39-22-10-5-11-23-39)48-34-18-32-46-30-16-2-1-3-17-31-47-33-19-35-49-45(53)51-37-29-43(40-24-12-6-13-25-40)41-26-14-7-15-27-41/h4-15,20-27,42-43,46-47H,1-3,16-19,28-37H2,(H2,48,50,52)(H2,49,51,53). The van der Waals surface area contributed by atoms with E-state index in [0.717, 1.165) is 88.3 Å². The van der Waals surface area contributed by atoms with Gasteiger partial charge in [-0.2, -0.15) is 0 Å². The fourth-order valence-corrected chi connectivity index (χ4v) is 7.10. The van der Waals surface area contributed by atoms with E-state index in [9.17, 15) is 0 Å². The third-order valence-electron chi connectivity index (χ3n) is 9.58. The zero-order valence-corrected chi connectivity index (χ0v) is 33.2. The monoisotopic (exact) mass is 750 g/mol. The van der Waals surface area contributed by atoms with Gasteiger partial charge in [-0.05, 0) is 111 Å². The van der Waals surface area contributed by atoms with Gasteiger partial charge in [0.2, 0.25) is 0 Å². The van der Waals surface area contributed by atoms with Gasteiger partial charge in [-0.25, -0.2) is 0 Å². The Bertz CT molecular complexity index is 1310. The lowest BCUT2D eigenvalue weighted by Crippen LogP contribution is -2.37. The Balaban J connectivity index is 0.893. The summed E-state index contributed by atoms with van der Waals surface area (Å²) in [6.45, 7) is 7.66. The van der Waals surface area contributed by atoms with Crippen LogP contribution in [-0.4, -0.2) is 62.6 Å². The lowest BCUT2D eigenvalue weighted by atomic mass is 9.88. The second-order valence-electron chi connectivity index (χ2n) is 13.7. The van der Waals surface area contributed by atoms with Gasteiger partial charge in [0.05, 0.1) is 0 Å². The highest BCUT2D eigenvalue weighted by Crippen LogP contribution is 2.28. The van der Waals surface area contributed by atoms with Crippen LogP contribution >= 0.6 is 24.4 Å². The van der Waals surface area contributed by atoms with Crippen LogP contribution in [0.1, 0.15) is 91.9 Å². The number of rotatable bonds is 26. The Kier molecular flexibility index (Phi) is 21.3. The van der Waals surface area contributed by atoms with E-state index in [-0.39, 0.29) is 0 Å². The average Bonchev–Trinajstić information content (AvgIpc) is 3.20. The molecule has 0 fully saturated rings. The molecule has 0 saturated carbocycles. The van der Waals surface area contributed by atoms with Crippen LogP contribution in [0.3, 0.4) is 0 Å². The maximum atomic E-state index is 5.54. The van der Waals surface area contributed by atoms with E-state index in [1.807, 2.05) is 0 Å². The zero-order valence-electron chi connectivity index (χ0n) is 31.5. The summed E-state index contributed by atoms with van der Waals surface area (Å²) in [5.41, 5.74) is 5.37. The van der Waals surface area contributed by atoms with E-state index >= 15 is 0 Å². The summed E-state index contributed by atoms with van der Waals surface area (Å²) in [6.07, 6.45) is 10.5. The first-order valence-electron chi connectivity index (χ1n) is 19.9. The molecule has 6 N–H and O–H groups in total. The van der Waals surface area contributed by atoms with Crippen molar-refractivity contribution in [3.63, 3.8) is 0 Å². The molecule has 53 heavy (non-hydrogen) atoms. The Morgan fingerprint density at radius 2 is 0.623 bits per heavy atom. The fraction of sp³-hybridized carbons (Fsp3) is 0.422. The molecule has 0 heterocycles. The van der Waals surface area contributed by atoms with Gasteiger partial charge in [-0.1, -0.05) is 141 Å². The van der Waals surface area contributed by atoms with Gasteiger partial charge < -0.3 is 31.9 Å². The SMILES string of the molecule is S=C(NCCCNCCCCCCCNCCCNC(=S)NCCC(c1ccccc1)c1ccccc1)NCCC(c1ccccc1)c1ccccc1. The molecule has 0 bridgehead atoms. The number of nitrogens with one attached hydrogen (secondary N) is 6. The minimum atomic E-state index is 0.358. The van der Waals surface area contributed by atoms with Crippen molar-refractivity contribution in [2.45, 2.75) is 69.6 Å². The Labute approximate surface area is 330 Å². The molecule has 0 amide bonds. The van der Waals surface area contributed by atoms with Crippen LogP contribution < -0.4 is 31.9 Å². The van der Waals surface area contributed by atoms with Crippen LogP contribution in [-0.2, 0) is 0 Å². The largest absolute Gasteiger partial charge is 0.363 e. The summed E-state index contributed by atoms with van der Waals surface area (Å²) in [4.78, 5) is 0. The number of thiocarbonyl (C=S) groups is 2. The van der Waals surface area contributed by atoms with Crippen molar-refractivity contribution >= 4 is 34.7 Å². The van der Waals surface area contributed by atoms with Crippen LogP contribution in [0.2, 0.25) is 0 Å². The molecule has 0 aliphatic heterocycles. The van der Waals surface area contributed by atoms with E-state index in [1.165, 1.54) is 54.4 Å². The van der Waals surface area contributed by atoms with Crippen molar-refractivity contribution in [2.75, 3.05) is 52.4 Å². The highest BCUT2D eigenvalue weighted by molar-refractivity contribution is 7.80. The lowest BCUT2D eigenvalue weighted by Gasteiger charge is -2.19. The molecule has 0 unspecified atom stereocenters. The third kappa shape index (κ3) is 17.7. The summed E-state index contributed by atoms with van der Waals surface area (Å²) in [5, 5.41) is 22.2. The molecule has 0 aliphatic rings. The molecular formula is C45H62N6S2. The van der Waals surface area contributed by atoms with Crippen LogP contribution in [0.4, 0.5) is 0 Å². The van der Waals surface area contributed by atoms with Crippen molar-refractivity contribution in [1.29, 1.82) is 0 Å². The topological polar surface area (TPSA) is 72.2 Å². The van der Waals surface area contributed by atoms with Crippen LogP contribution in [0.15, 0.2) is 121 Å². The van der Waals surface area contributed by atoms with Crippen LogP contribution in [0, 0.1) is 0 Å². The molecule has 0 aromatic heterocycles. The zero-order chi connectivity index (χ0) is 37.0. The highest BCUT2D eigenvalue weighted by atomic mass is 32.1. The molecule has 8 heteroatoms. The molecule has 0 saturated heterocycles. The third-order valence-corrected chi connectivity index (χ3v) is 10.2. The molecule has 0 radical (unpaired) electrons. The molecular weight excluding hydrogens is 689 g/mol. The quantitative estimate of drug-likeness (QED) is 0.0283. The van der Waals surface area contributed by atoms with E-state index in [0.29, 0.717) is 11.8 Å². The lowest BCUT2D eigenvalue weighted by molar-refractivity contribution is 0.546. The van der Waals surface area contributed by atoms with Crippen molar-refractivity contribution in [3.05, 3.63) is 144 Å². The van der Waals surface area contributed by atoms with Gasteiger partial charge in [0.25, 0.3) is 0 Å². The maximum absolute atomic E-state index is 5.54. The van der Waals surface area contributed by atoms with Gasteiger partial charge in [-0.15, -0.1) is 0 Å². The molecule has 4 rings (SSSR count). The fourth-order valence-electron chi connectivity index (χ4n) is 6.69. The van der Waals surface area contributed by atoms with Crippen molar-refractivity contribution < 1.29 is 0 Å². The first kappa shape index (κ1) is 41.9.